The molecule has 1 aromatic carbocycles. The van der Waals surface area contributed by atoms with Gasteiger partial charge in [-0.05, 0) is 40.5 Å². The Morgan fingerprint density at radius 2 is 1.89 bits per heavy atom. The minimum atomic E-state index is -4.37. The fourth-order valence-electron chi connectivity index (χ4n) is 4.14. The van der Waals surface area contributed by atoms with Crippen molar-refractivity contribution in [2.45, 2.75) is 31.4 Å². The average molecular weight is 550 g/mol. The van der Waals surface area contributed by atoms with Crippen LogP contribution in [0.3, 0.4) is 0 Å². The summed E-state index contributed by atoms with van der Waals surface area (Å²) in [5.74, 6) is -0.736. The number of hydrogen-bond acceptors (Lipinski definition) is 6. The Hall–Kier alpha value is -3.61. The standard InChI is InChI=1S/C22H16BrF4N7O/c1-21(10-2-4-11(24)5-3-10)15-16(28)31-17(32-18(15)33-20(21)35)13-9-34-14(23)8-29-19(34)12(30-13)6-7-22(25,26)27/h2-5,8-9H,6-7H2,1H3,(H3,28,31,32,33,35). The van der Waals surface area contributed by atoms with Crippen LogP contribution in [0.25, 0.3) is 17.2 Å². The number of nitrogens with one attached hydrogen (secondary N) is 1. The van der Waals surface area contributed by atoms with Gasteiger partial charge in [-0.15, -0.1) is 0 Å². The topological polar surface area (TPSA) is 111 Å². The summed E-state index contributed by atoms with van der Waals surface area (Å²) in [5.41, 5.74) is 6.33. The van der Waals surface area contributed by atoms with Gasteiger partial charge in [0.15, 0.2) is 11.5 Å². The number of carbonyl (C=O) groups excluding carboxylic acids is 1. The lowest BCUT2D eigenvalue weighted by atomic mass is 9.78. The fourth-order valence-corrected chi connectivity index (χ4v) is 4.51. The number of nitrogens with two attached hydrogens (primary N) is 1. The van der Waals surface area contributed by atoms with Crippen LogP contribution in [0.2, 0.25) is 0 Å². The number of nitrogens with zero attached hydrogens (tertiary/aromatic N) is 5. The molecule has 0 fully saturated rings. The Balaban J connectivity index is 1.63. The van der Waals surface area contributed by atoms with E-state index in [1.165, 1.54) is 41.1 Å². The van der Waals surface area contributed by atoms with Crippen molar-refractivity contribution < 1.29 is 22.4 Å². The first-order valence-electron chi connectivity index (χ1n) is 10.3. The SMILES string of the molecule is CC1(c2ccc(F)cc2)C(=O)Nc2nc(-c3cn4c(Br)cnc4c(CCC(F)(F)F)n3)nc(N)c21. The lowest BCUT2D eigenvalue weighted by molar-refractivity contribution is -0.134. The second kappa shape index (κ2) is 7.97. The van der Waals surface area contributed by atoms with Gasteiger partial charge in [-0.2, -0.15) is 13.2 Å². The van der Waals surface area contributed by atoms with E-state index in [-0.39, 0.29) is 34.5 Å². The van der Waals surface area contributed by atoms with Crippen LogP contribution in [0, 0.1) is 5.82 Å². The van der Waals surface area contributed by atoms with Crippen LogP contribution in [0.1, 0.15) is 30.2 Å². The third kappa shape index (κ3) is 3.89. The molecule has 1 aliphatic rings. The van der Waals surface area contributed by atoms with Crippen molar-refractivity contribution in [2.24, 2.45) is 0 Å². The summed E-state index contributed by atoms with van der Waals surface area (Å²) in [4.78, 5) is 30.2. The van der Waals surface area contributed by atoms with Crippen molar-refractivity contribution in [1.82, 2.24) is 24.3 Å². The molecule has 13 heteroatoms. The Kier molecular flexibility index (Phi) is 5.27. The summed E-state index contributed by atoms with van der Waals surface area (Å²) >= 11 is 3.32. The normalized spacial score (nSPS) is 17.6. The first kappa shape index (κ1) is 23.1. The van der Waals surface area contributed by atoms with Gasteiger partial charge in [0, 0.05) is 19.0 Å². The molecule has 5 rings (SSSR count). The molecular formula is C22H16BrF4N7O. The molecule has 35 heavy (non-hydrogen) atoms. The third-order valence-electron chi connectivity index (χ3n) is 5.94. The first-order valence-corrected chi connectivity index (χ1v) is 11.1. The van der Waals surface area contributed by atoms with Crippen molar-refractivity contribution in [3.63, 3.8) is 0 Å². The Morgan fingerprint density at radius 3 is 2.57 bits per heavy atom. The zero-order valence-corrected chi connectivity index (χ0v) is 19.6. The van der Waals surface area contributed by atoms with Crippen molar-refractivity contribution in [3.05, 3.63) is 63.9 Å². The van der Waals surface area contributed by atoms with Gasteiger partial charge in [0.25, 0.3) is 0 Å². The van der Waals surface area contributed by atoms with Crippen LogP contribution in [0.4, 0.5) is 29.2 Å². The molecule has 0 aliphatic carbocycles. The molecule has 0 spiro atoms. The molecule has 3 N–H and O–H groups in total. The average Bonchev–Trinajstić information content (AvgIpc) is 3.29. The number of alkyl halides is 3. The van der Waals surface area contributed by atoms with Gasteiger partial charge in [-0.1, -0.05) is 12.1 Å². The zero-order valence-electron chi connectivity index (χ0n) is 18.0. The van der Waals surface area contributed by atoms with E-state index in [4.69, 9.17) is 5.73 Å². The molecule has 1 aliphatic heterocycles. The molecular weight excluding hydrogens is 534 g/mol. The molecule has 1 atom stereocenters. The summed E-state index contributed by atoms with van der Waals surface area (Å²) in [5, 5.41) is 2.69. The number of nitrogen functional groups attached to an aromatic ring is 1. The highest BCUT2D eigenvalue weighted by molar-refractivity contribution is 9.10. The second-order valence-electron chi connectivity index (χ2n) is 8.20. The summed E-state index contributed by atoms with van der Waals surface area (Å²) in [6.07, 6.45) is -2.89. The predicted molar refractivity (Wildman–Crippen MR) is 122 cm³/mol. The smallest absolute Gasteiger partial charge is 0.383 e. The lowest BCUT2D eigenvalue weighted by Crippen LogP contribution is -2.33. The van der Waals surface area contributed by atoms with E-state index in [0.717, 1.165) is 0 Å². The van der Waals surface area contributed by atoms with Crippen LogP contribution < -0.4 is 11.1 Å². The van der Waals surface area contributed by atoms with Gasteiger partial charge in [0.05, 0.1) is 17.5 Å². The quantitative estimate of drug-likeness (QED) is 0.364. The molecule has 0 radical (unpaired) electrons. The van der Waals surface area contributed by atoms with E-state index in [1.54, 1.807) is 6.92 Å². The van der Waals surface area contributed by atoms with Crippen LogP contribution in [0.15, 0.2) is 41.3 Å². The zero-order chi connectivity index (χ0) is 25.1. The number of hydrogen-bond donors (Lipinski definition) is 2. The molecule has 4 aromatic rings. The lowest BCUT2D eigenvalue weighted by Gasteiger charge is -2.23. The van der Waals surface area contributed by atoms with Gasteiger partial charge in [0.1, 0.15) is 33.2 Å². The number of anilines is 2. The highest BCUT2D eigenvalue weighted by atomic mass is 79.9. The number of amides is 1. The summed E-state index contributed by atoms with van der Waals surface area (Å²) in [6, 6.07) is 5.44. The molecule has 0 saturated heterocycles. The van der Waals surface area contributed by atoms with Gasteiger partial charge in [-0.3, -0.25) is 9.20 Å². The van der Waals surface area contributed by atoms with Crippen molar-refractivity contribution in [2.75, 3.05) is 11.1 Å². The van der Waals surface area contributed by atoms with E-state index in [9.17, 15) is 22.4 Å². The minimum absolute atomic E-state index is 0.0145. The van der Waals surface area contributed by atoms with E-state index in [1.807, 2.05) is 0 Å². The molecule has 180 valence electrons. The minimum Gasteiger partial charge on any atom is -0.383 e. The number of rotatable bonds is 4. The third-order valence-corrected chi connectivity index (χ3v) is 6.52. The van der Waals surface area contributed by atoms with Crippen LogP contribution in [0.5, 0.6) is 0 Å². The fraction of sp³-hybridized carbons (Fsp3) is 0.227. The van der Waals surface area contributed by atoms with Gasteiger partial charge < -0.3 is 11.1 Å². The second-order valence-corrected chi connectivity index (χ2v) is 9.02. The maximum absolute atomic E-state index is 13.5. The predicted octanol–water partition coefficient (Wildman–Crippen LogP) is 4.42. The highest BCUT2D eigenvalue weighted by Gasteiger charge is 2.47. The number of aromatic nitrogens is 5. The number of carbonyl (C=O) groups is 1. The number of imidazole rings is 1. The largest absolute Gasteiger partial charge is 0.389 e. The Bertz CT molecular complexity index is 1490. The highest BCUT2D eigenvalue weighted by Crippen LogP contribution is 2.45. The van der Waals surface area contributed by atoms with Crippen molar-refractivity contribution >= 4 is 39.1 Å². The van der Waals surface area contributed by atoms with Gasteiger partial charge >= 0.3 is 6.18 Å². The van der Waals surface area contributed by atoms with Crippen molar-refractivity contribution in [1.29, 1.82) is 0 Å². The Labute approximate surface area is 203 Å². The number of halogens is 5. The summed E-state index contributed by atoms with van der Waals surface area (Å²) in [7, 11) is 0. The van der Waals surface area contributed by atoms with Gasteiger partial charge in [0.2, 0.25) is 5.91 Å². The maximum Gasteiger partial charge on any atom is 0.389 e. The monoisotopic (exact) mass is 549 g/mol. The summed E-state index contributed by atoms with van der Waals surface area (Å²) in [6.45, 7) is 1.63. The van der Waals surface area contributed by atoms with Gasteiger partial charge in [-0.25, -0.2) is 24.3 Å². The Morgan fingerprint density at radius 1 is 1.17 bits per heavy atom. The number of benzene rings is 1. The molecule has 1 unspecified atom stereocenters. The van der Waals surface area contributed by atoms with Crippen molar-refractivity contribution in [3.8, 4) is 11.5 Å². The van der Waals surface area contributed by atoms with Crippen LogP contribution in [-0.4, -0.2) is 36.4 Å². The van der Waals surface area contributed by atoms with E-state index in [0.29, 0.717) is 15.7 Å². The molecule has 0 saturated carbocycles. The van der Waals surface area contributed by atoms with Crippen LogP contribution in [-0.2, 0) is 16.6 Å². The first-order chi connectivity index (χ1) is 16.5. The van der Waals surface area contributed by atoms with E-state index >= 15 is 0 Å². The number of aryl methyl sites for hydroxylation is 1. The number of fused-ring (bicyclic) bond motifs is 2. The molecule has 3 aromatic heterocycles. The van der Waals surface area contributed by atoms with Crippen LogP contribution >= 0.6 is 15.9 Å². The van der Waals surface area contributed by atoms with E-state index < -0.39 is 36.2 Å². The summed E-state index contributed by atoms with van der Waals surface area (Å²) < 4.78 is 54.1. The molecule has 8 nitrogen and oxygen atoms in total. The molecule has 1 amide bonds. The van der Waals surface area contributed by atoms with E-state index in [2.05, 4.69) is 41.2 Å². The molecule has 0 bridgehead atoms. The molecule has 4 heterocycles. The maximum atomic E-state index is 13.5.